The Morgan fingerprint density at radius 1 is 1.21 bits per heavy atom. The van der Waals surface area contributed by atoms with Crippen molar-refractivity contribution in [3.63, 3.8) is 0 Å². The van der Waals surface area contributed by atoms with Gasteiger partial charge in [-0.1, -0.05) is 17.7 Å². The second-order valence-corrected chi connectivity index (χ2v) is 10.4. The summed E-state index contributed by atoms with van der Waals surface area (Å²) in [7, 11) is 3.33. The third-order valence-electron chi connectivity index (χ3n) is 6.77. The molecule has 0 saturated carbocycles. The Bertz CT molecular complexity index is 1290. The number of nitrogens with two attached hydrogens (primary N) is 1. The highest BCUT2D eigenvalue weighted by atomic mass is 32.1. The van der Waals surface area contributed by atoms with Crippen molar-refractivity contribution in [2.24, 2.45) is 5.92 Å². The molecule has 3 aromatic rings. The van der Waals surface area contributed by atoms with Crippen molar-refractivity contribution in [1.82, 2.24) is 9.88 Å². The molecule has 9 nitrogen and oxygen atoms in total. The highest BCUT2D eigenvalue weighted by Gasteiger charge is 2.26. The van der Waals surface area contributed by atoms with E-state index < -0.39 is 5.97 Å². The number of benzene rings is 2. The lowest BCUT2D eigenvalue weighted by Crippen LogP contribution is -2.36. The quantitative estimate of drug-likeness (QED) is 0.367. The van der Waals surface area contributed by atoms with Gasteiger partial charge in [-0.3, -0.25) is 9.59 Å². The van der Waals surface area contributed by atoms with Crippen molar-refractivity contribution in [1.29, 1.82) is 0 Å². The lowest BCUT2D eigenvalue weighted by molar-refractivity contribution is -0.142. The Morgan fingerprint density at radius 3 is 2.66 bits per heavy atom. The van der Waals surface area contributed by atoms with E-state index in [1.165, 1.54) is 0 Å². The number of carboxylic acids is 1. The summed E-state index contributed by atoms with van der Waals surface area (Å²) in [4.78, 5) is 32.5. The topological polar surface area (TPSA) is 118 Å². The van der Waals surface area contributed by atoms with Crippen LogP contribution in [0.2, 0.25) is 0 Å². The molecule has 1 amide bonds. The fourth-order valence-electron chi connectivity index (χ4n) is 4.39. The number of ether oxygens (including phenoxy) is 2. The number of amides is 1. The summed E-state index contributed by atoms with van der Waals surface area (Å²) in [6.45, 7) is 4.59. The van der Waals surface area contributed by atoms with Gasteiger partial charge >= 0.3 is 5.97 Å². The number of nitrogen functional groups attached to an aromatic ring is 1. The Morgan fingerprint density at radius 2 is 1.97 bits per heavy atom. The second-order valence-electron chi connectivity index (χ2n) is 9.54. The number of methoxy groups -OCH3 is 1. The minimum Gasteiger partial charge on any atom is -0.488 e. The van der Waals surface area contributed by atoms with E-state index in [2.05, 4.69) is 4.90 Å². The number of carbonyl (C=O) groups is 2. The third kappa shape index (κ3) is 6.43. The van der Waals surface area contributed by atoms with Crippen LogP contribution in [0.15, 0.2) is 41.8 Å². The molecular formula is C28H34N4O5S. The number of carbonyl (C=O) groups excluding carboxylic acids is 1. The first-order valence-corrected chi connectivity index (χ1v) is 13.4. The fourth-order valence-corrected chi connectivity index (χ4v) is 5.27. The van der Waals surface area contributed by atoms with Gasteiger partial charge in [-0.15, -0.1) is 11.3 Å². The first-order chi connectivity index (χ1) is 18.3. The van der Waals surface area contributed by atoms with Crippen LogP contribution in [0.3, 0.4) is 0 Å². The number of aliphatic carboxylic acids is 1. The maximum Gasteiger partial charge on any atom is 0.306 e. The molecule has 1 aromatic heterocycles. The van der Waals surface area contributed by atoms with Crippen molar-refractivity contribution in [3.05, 3.63) is 58.5 Å². The maximum absolute atomic E-state index is 12.6. The molecule has 0 radical (unpaired) electrons. The number of aromatic nitrogens is 1. The highest BCUT2D eigenvalue weighted by Crippen LogP contribution is 2.36. The predicted octanol–water partition coefficient (Wildman–Crippen LogP) is 4.30. The molecular weight excluding hydrogens is 504 g/mol. The van der Waals surface area contributed by atoms with Gasteiger partial charge < -0.3 is 30.1 Å². The van der Waals surface area contributed by atoms with Crippen molar-refractivity contribution < 1.29 is 24.2 Å². The van der Waals surface area contributed by atoms with Gasteiger partial charge in [0.15, 0.2) is 5.13 Å². The summed E-state index contributed by atoms with van der Waals surface area (Å²) >= 11 is 1.55. The van der Waals surface area contributed by atoms with E-state index in [0.29, 0.717) is 56.1 Å². The number of piperidine rings is 1. The molecule has 3 N–H and O–H groups in total. The van der Waals surface area contributed by atoms with Crippen LogP contribution < -0.4 is 15.4 Å². The second kappa shape index (κ2) is 12.3. The van der Waals surface area contributed by atoms with Crippen LogP contribution in [0, 0.1) is 12.8 Å². The number of hydrogen-bond donors (Lipinski definition) is 2. The molecule has 38 heavy (non-hydrogen) atoms. The third-order valence-corrected chi connectivity index (χ3v) is 7.67. The molecule has 2 aromatic carbocycles. The van der Waals surface area contributed by atoms with Crippen molar-refractivity contribution in [3.8, 4) is 17.0 Å². The normalized spacial score (nSPS) is 13.9. The summed E-state index contributed by atoms with van der Waals surface area (Å²) in [5.41, 5.74) is 10.9. The largest absolute Gasteiger partial charge is 0.488 e. The molecule has 0 spiro atoms. The van der Waals surface area contributed by atoms with Gasteiger partial charge in [0.2, 0.25) is 0 Å². The number of anilines is 2. The molecule has 0 aliphatic carbocycles. The molecule has 1 fully saturated rings. The summed E-state index contributed by atoms with van der Waals surface area (Å²) in [5.74, 6) is -0.426. The first-order valence-electron chi connectivity index (χ1n) is 12.6. The average Bonchev–Trinajstić information content (AvgIpc) is 3.41. The lowest BCUT2D eigenvalue weighted by atomic mass is 9.97. The summed E-state index contributed by atoms with van der Waals surface area (Å²) in [6, 6.07) is 11.2. The van der Waals surface area contributed by atoms with E-state index in [9.17, 15) is 14.7 Å². The summed E-state index contributed by atoms with van der Waals surface area (Å²) in [5, 5.41) is 12.2. The van der Waals surface area contributed by atoms with Gasteiger partial charge in [0.25, 0.3) is 5.91 Å². The van der Waals surface area contributed by atoms with Crippen molar-refractivity contribution >= 4 is 34.0 Å². The Kier molecular flexibility index (Phi) is 8.85. The molecule has 1 aliphatic heterocycles. The molecule has 0 atom stereocenters. The minimum absolute atomic E-state index is 0.117. The van der Waals surface area contributed by atoms with E-state index >= 15 is 0 Å². The van der Waals surface area contributed by atoms with Gasteiger partial charge in [0.1, 0.15) is 12.4 Å². The number of thiazole rings is 1. The molecule has 1 aliphatic rings. The van der Waals surface area contributed by atoms with Gasteiger partial charge in [-0.05, 0) is 44.0 Å². The van der Waals surface area contributed by atoms with Crippen LogP contribution in [0.5, 0.6) is 5.75 Å². The van der Waals surface area contributed by atoms with E-state index in [0.717, 1.165) is 27.5 Å². The van der Waals surface area contributed by atoms with Gasteiger partial charge in [0.05, 0.1) is 18.2 Å². The number of nitrogens with zero attached hydrogens (tertiary/aromatic N) is 3. The first kappa shape index (κ1) is 27.4. The number of aryl methyl sites for hydroxylation is 1. The molecule has 202 valence electrons. The zero-order valence-corrected chi connectivity index (χ0v) is 22.8. The summed E-state index contributed by atoms with van der Waals surface area (Å²) < 4.78 is 11.3. The van der Waals surface area contributed by atoms with Crippen LogP contribution in [0.25, 0.3) is 11.3 Å². The van der Waals surface area contributed by atoms with Crippen LogP contribution in [-0.2, 0) is 16.1 Å². The summed E-state index contributed by atoms with van der Waals surface area (Å²) in [6.07, 6.45) is 1.25. The van der Waals surface area contributed by atoms with E-state index in [1.807, 2.05) is 36.6 Å². The Hall–Kier alpha value is -3.63. The number of carboxylic acid groups (broad SMARTS) is 1. The zero-order valence-electron chi connectivity index (χ0n) is 22.0. The smallest absolute Gasteiger partial charge is 0.306 e. The number of hydrogen-bond acceptors (Lipinski definition) is 8. The van der Waals surface area contributed by atoms with E-state index in [1.54, 1.807) is 42.5 Å². The van der Waals surface area contributed by atoms with E-state index in [-0.39, 0.29) is 18.4 Å². The maximum atomic E-state index is 12.6. The molecule has 0 bridgehead atoms. The van der Waals surface area contributed by atoms with Crippen molar-refractivity contribution in [2.45, 2.75) is 26.4 Å². The van der Waals surface area contributed by atoms with Crippen LogP contribution in [0.1, 0.15) is 34.3 Å². The monoisotopic (exact) mass is 538 g/mol. The predicted molar refractivity (Wildman–Crippen MR) is 149 cm³/mol. The molecule has 1 saturated heterocycles. The van der Waals surface area contributed by atoms with Gasteiger partial charge in [0, 0.05) is 61.5 Å². The highest BCUT2D eigenvalue weighted by molar-refractivity contribution is 7.14. The molecule has 10 heteroatoms. The van der Waals surface area contributed by atoms with Crippen LogP contribution >= 0.6 is 11.3 Å². The number of rotatable bonds is 10. The Labute approximate surface area is 226 Å². The number of likely N-dealkylation sites (N-methyl/N-ethyl adjacent to an activating group) is 1. The molecule has 4 rings (SSSR count). The van der Waals surface area contributed by atoms with Crippen LogP contribution in [0.4, 0.5) is 10.8 Å². The average molecular weight is 539 g/mol. The lowest BCUT2D eigenvalue weighted by Gasteiger charge is -2.29. The standard InChI is InChI=1S/C28H34N4O5S/c1-18-4-7-25(37-16-21-6-5-20(15-23(21)29)26(33)31(2)12-13-36-3)22(14-18)24-17-38-28(30-24)32-10-8-19(9-11-32)27(34)35/h4-7,14-15,17,19H,8-13,16,29H2,1-3H3,(H,34,35). The molecule has 2 heterocycles. The van der Waals surface area contributed by atoms with Crippen LogP contribution in [-0.4, -0.2) is 67.3 Å². The minimum atomic E-state index is -0.720. The Balaban J connectivity index is 1.46. The zero-order chi connectivity index (χ0) is 27.2. The van der Waals surface area contributed by atoms with Crippen molar-refractivity contribution in [2.75, 3.05) is 51.0 Å². The SMILES string of the molecule is COCCN(C)C(=O)c1ccc(COc2ccc(C)cc2-c2csc(N3CCC(C(=O)O)CC3)n2)c(N)c1. The van der Waals surface area contributed by atoms with Gasteiger partial charge in [-0.2, -0.15) is 0 Å². The van der Waals surface area contributed by atoms with E-state index in [4.69, 9.17) is 20.2 Å². The fraction of sp³-hybridized carbons (Fsp3) is 0.393. The molecule has 0 unspecified atom stereocenters. The van der Waals surface area contributed by atoms with Gasteiger partial charge in [-0.25, -0.2) is 4.98 Å².